The van der Waals surface area contributed by atoms with Gasteiger partial charge in [-0.1, -0.05) is 33.3 Å². The SMILES string of the molecule is COC(=O)CNC(=O)C[C@H](CC(C)C)NC(=O)c1cc(-c2c(OC)cccc2OC)n(C2CCCC2C)n1. The molecular formula is C28H40N4O6. The van der Waals surface area contributed by atoms with Crippen LogP contribution in [0, 0.1) is 11.8 Å². The summed E-state index contributed by atoms with van der Waals surface area (Å²) in [5, 5.41) is 10.3. The molecule has 1 saturated carbocycles. The molecule has 2 unspecified atom stereocenters. The number of rotatable bonds is 12. The summed E-state index contributed by atoms with van der Waals surface area (Å²) >= 11 is 0. The molecule has 0 radical (unpaired) electrons. The topological polar surface area (TPSA) is 121 Å². The van der Waals surface area contributed by atoms with E-state index in [1.165, 1.54) is 7.11 Å². The van der Waals surface area contributed by atoms with Crippen molar-refractivity contribution in [2.24, 2.45) is 11.8 Å². The first-order valence-corrected chi connectivity index (χ1v) is 13.1. The van der Waals surface area contributed by atoms with Crippen molar-refractivity contribution < 1.29 is 28.6 Å². The molecule has 1 heterocycles. The fourth-order valence-corrected chi connectivity index (χ4v) is 5.10. The fourth-order valence-electron chi connectivity index (χ4n) is 5.10. The summed E-state index contributed by atoms with van der Waals surface area (Å²) in [7, 11) is 4.47. The molecule has 1 aromatic carbocycles. The molecule has 3 rings (SSSR count). The summed E-state index contributed by atoms with van der Waals surface area (Å²) in [6.07, 6.45) is 3.77. The second-order valence-corrected chi connectivity index (χ2v) is 10.2. The largest absolute Gasteiger partial charge is 0.496 e. The average Bonchev–Trinajstić information content (AvgIpc) is 3.52. The molecule has 2 aromatic rings. The van der Waals surface area contributed by atoms with Gasteiger partial charge in [-0.25, -0.2) is 0 Å². The Hall–Kier alpha value is -3.56. The number of aromatic nitrogens is 2. The van der Waals surface area contributed by atoms with Crippen molar-refractivity contribution in [1.82, 2.24) is 20.4 Å². The highest BCUT2D eigenvalue weighted by Gasteiger charge is 2.31. The van der Waals surface area contributed by atoms with Crippen LogP contribution >= 0.6 is 0 Å². The van der Waals surface area contributed by atoms with Gasteiger partial charge in [0.2, 0.25) is 5.91 Å². The average molecular weight is 529 g/mol. The molecule has 0 aliphatic heterocycles. The zero-order valence-electron chi connectivity index (χ0n) is 23.2. The third-order valence-electron chi connectivity index (χ3n) is 6.96. The number of carbonyl (C=O) groups excluding carboxylic acids is 3. The number of nitrogens with one attached hydrogen (secondary N) is 2. The lowest BCUT2D eigenvalue weighted by molar-refractivity contribution is -0.141. The molecule has 3 atom stereocenters. The van der Waals surface area contributed by atoms with Crippen molar-refractivity contribution in [3.63, 3.8) is 0 Å². The van der Waals surface area contributed by atoms with Gasteiger partial charge in [0, 0.05) is 12.5 Å². The molecular weight excluding hydrogens is 488 g/mol. The molecule has 1 aromatic heterocycles. The first-order chi connectivity index (χ1) is 18.2. The Kier molecular flexibility index (Phi) is 10.2. The van der Waals surface area contributed by atoms with Crippen LogP contribution in [0.2, 0.25) is 0 Å². The van der Waals surface area contributed by atoms with Crippen LogP contribution in [0.1, 0.15) is 69.4 Å². The second-order valence-electron chi connectivity index (χ2n) is 10.2. The Bertz CT molecular complexity index is 1110. The number of carbonyl (C=O) groups is 3. The maximum Gasteiger partial charge on any atom is 0.325 e. The summed E-state index contributed by atoms with van der Waals surface area (Å²) < 4.78 is 17.8. The molecule has 38 heavy (non-hydrogen) atoms. The number of nitrogens with zero attached hydrogens (tertiary/aromatic N) is 2. The van der Waals surface area contributed by atoms with Crippen LogP contribution in [0.4, 0.5) is 0 Å². The van der Waals surface area contributed by atoms with E-state index in [1.807, 2.05) is 36.7 Å². The van der Waals surface area contributed by atoms with Crippen LogP contribution in [0.5, 0.6) is 11.5 Å². The zero-order valence-corrected chi connectivity index (χ0v) is 23.2. The molecule has 0 spiro atoms. The van der Waals surface area contributed by atoms with Crippen molar-refractivity contribution >= 4 is 17.8 Å². The Morgan fingerprint density at radius 2 is 1.79 bits per heavy atom. The van der Waals surface area contributed by atoms with E-state index in [4.69, 9.17) is 14.6 Å². The Balaban J connectivity index is 1.92. The molecule has 0 saturated heterocycles. The van der Waals surface area contributed by atoms with Gasteiger partial charge in [-0.2, -0.15) is 5.10 Å². The van der Waals surface area contributed by atoms with E-state index in [2.05, 4.69) is 22.3 Å². The molecule has 1 aliphatic carbocycles. The van der Waals surface area contributed by atoms with Crippen molar-refractivity contribution in [2.45, 2.75) is 65.0 Å². The van der Waals surface area contributed by atoms with E-state index >= 15 is 0 Å². The Labute approximate surface area is 224 Å². The monoisotopic (exact) mass is 528 g/mol. The molecule has 2 N–H and O–H groups in total. The van der Waals surface area contributed by atoms with E-state index in [0.29, 0.717) is 23.8 Å². The van der Waals surface area contributed by atoms with Crippen LogP contribution in [-0.4, -0.2) is 61.5 Å². The van der Waals surface area contributed by atoms with Gasteiger partial charge in [0.1, 0.15) is 18.0 Å². The Morgan fingerprint density at radius 3 is 2.34 bits per heavy atom. The highest BCUT2D eigenvalue weighted by molar-refractivity contribution is 5.94. The highest BCUT2D eigenvalue weighted by atomic mass is 16.5. The standard InChI is InChI=1S/C28H40N4O6/c1-17(2)13-19(14-25(33)29-16-26(34)38-6)30-28(35)20-15-22(32(31-20)21-10-7-9-18(21)3)27-23(36-4)11-8-12-24(27)37-5/h8,11-12,15,17-19,21H,7,9-10,13-14,16H2,1-6H3,(H,29,33)(H,30,35)/t18?,19-,21?/m0/s1. The van der Waals surface area contributed by atoms with Crippen LogP contribution in [0.25, 0.3) is 11.3 Å². The van der Waals surface area contributed by atoms with E-state index in [1.54, 1.807) is 20.3 Å². The number of benzene rings is 1. The first kappa shape index (κ1) is 29.0. The first-order valence-electron chi connectivity index (χ1n) is 13.1. The lowest BCUT2D eigenvalue weighted by atomic mass is 10.0. The maximum absolute atomic E-state index is 13.5. The lowest BCUT2D eigenvalue weighted by Crippen LogP contribution is -2.41. The van der Waals surface area contributed by atoms with Gasteiger partial charge < -0.3 is 24.8 Å². The van der Waals surface area contributed by atoms with Crippen LogP contribution in [-0.2, 0) is 14.3 Å². The summed E-state index contributed by atoms with van der Waals surface area (Å²) in [6, 6.07) is 7.05. The quantitative estimate of drug-likeness (QED) is 0.403. The predicted molar refractivity (Wildman–Crippen MR) is 143 cm³/mol. The molecule has 2 amide bonds. The molecule has 10 nitrogen and oxygen atoms in total. The molecule has 1 fully saturated rings. The summed E-state index contributed by atoms with van der Waals surface area (Å²) in [5.41, 5.74) is 1.75. The van der Waals surface area contributed by atoms with Gasteiger partial charge >= 0.3 is 5.97 Å². The third-order valence-corrected chi connectivity index (χ3v) is 6.96. The number of methoxy groups -OCH3 is 3. The van der Waals surface area contributed by atoms with Crippen LogP contribution < -0.4 is 20.1 Å². The van der Waals surface area contributed by atoms with Gasteiger partial charge in [-0.15, -0.1) is 0 Å². The second kappa shape index (κ2) is 13.3. The van der Waals surface area contributed by atoms with Crippen molar-refractivity contribution in [3.05, 3.63) is 30.0 Å². The van der Waals surface area contributed by atoms with Gasteiger partial charge in [0.25, 0.3) is 5.91 Å². The normalized spacial score (nSPS) is 17.7. The molecule has 0 bridgehead atoms. The van der Waals surface area contributed by atoms with Crippen LogP contribution in [0.15, 0.2) is 24.3 Å². The molecule has 208 valence electrons. The Morgan fingerprint density at radius 1 is 1.11 bits per heavy atom. The third kappa shape index (κ3) is 7.05. The van der Waals surface area contributed by atoms with Gasteiger partial charge in [-0.3, -0.25) is 19.1 Å². The predicted octanol–water partition coefficient (Wildman–Crippen LogP) is 3.75. The van der Waals surface area contributed by atoms with Crippen LogP contribution in [0.3, 0.4) is 0 Å². The molecule has 1 aliphatic rings. The van der Waals surface area contributed by atoms with E-state index in [9.17, 15) is 14.4 Å². The summed E-state index contributed by atoms with van der Waals surface area (Å²) in [4.78, 5) is 37.3. The van der Waals surface area contributed by atoms with E-state index in [-0.39, 0.29) is 42.4 Å². The minimum absolute atomic E-state index is 0.0362. The lowest BCUT2D eigenvalue weighted by Gasteiger charge is -2.21. The number of amides is 2. The highest BCUT2D eigenvalue weighted by Crippen LogP contribution is 2.43. The van der Waals surface area contributed by atoms with E-state index in [0.717, 1.165) is 30.5 Å². The smallest absolute Gasteiger partial charge is 0.325 e. The van der Waals surface area contributed by atoms with Gasteiger partial charge in [0.05, 0.1) is 38.6 Å². The number of hydrogen-bond donors (Lipinski definition) is 2. The number of esters is 1. The van der Waals surface area contributed by atoms with Gasteiger partial charge in [0.15, 0.2) is 5.69 Å². The fraction of sp³-hybridized carbons (Fsp3) is 0.571. The minimum atomic E-state index is -0.534. The maximum atomic E-state index is 13.5. The number of ether oxygens (including phenoxy) is 3. The van der Waals surface area contributed by atoms with Crippen molar-refractivity contribution in [1.29, 1.82) is 0 Å². The zero-order chi connectivity index (χ0) is 27.8. The number of hydrogen-bond acceptors (Lipinski definition) is 7. The van der Waals surface area contributed by atoms with E-state index < -0.39 is 12.0 Å². The van der Waals surface area contributed by atoms with Crippen molar-refractivity contribution in [3.8, 4) is 22.8 Å². The summed E-state index contributed by atoms with van der Waals surface area (Å²) in [6.45, 7) is 6.03. The van der Waals surface area contributed by atoms with Crippen molar-refractivity contribution in [2.75, 3.05) is 27.9 Å². The van der Waals surface area contributed by atoms with Gasteiger partial charge in [-0.05, 0) is 49.3 Å². The summed E-state index contributed by atoms with van der Waals surface area (Å²) in [5.74, 6) is 0.651. The molecule has 10 heteroatoms. The minimum Gasteiger partial charge on any atom is -0.496 e.